The molecule has 0 bridgehead atoms. The first-order chi connectivity index (χ1) is 9.43. The van der Waals surface area contributed by atoms with Crippen LogP contribution in [0.3, 0.4) is 0 Å². The molecule has 1 aromatic heterocycles. The first kappa shape index (κ1) is 14.7. The Balaban J connectivity index is 2.22. The molecular formula is C14H20FN3O2. The van der Waals surface area contributed by atoms with E-state index in [9.17, 15) is 14.3 Å². The molecule has 1 unspecified atom stereocenters. The zero-order valence-corrected chi connectivity index (χ0v) is 11.8. The minimum absolute atomic E-state index is 0.219. The second-order valence-electron chi connectivity index (χ2n) is 5.45. The number of hydrogen-bond acceptors (Lipinski definition) is 4. The normalized spacial score (nSPS) is 22.1. The Kier molecular flexibility index (Phi) is 4.23. The Morgan fingerprint density at radius 2 is 2.40 bits per heavy atom. The molecule has 2 rings (SSSR count). The van der Waals surface area contributed by atoms with Crippen molar-refractivity contribution in [1.82, 2.24) is 9.88 Å². The SMILES string of the molecule is CCCNc1ncc(F)cc1C(=O)N1CCC(C)(O)C1. The lowest BCUT2D eigenvalue weighted by atomic mass is 10.1. The number of nitrogens with zero attached hydrogens (tertiary/aromatic N) is 2. The van der Waals surface area contributed by atoms with Crippen LogP contribution in [-0.2, 0) is 0 Å². The number of pyridine rings is 1. The van der Waals surface area contributed by atoms with Crippen molar-refractivity contribution in [3.05, 3.63) is 23.6 Å². The predicted octanol–water partition coefficient (Wildman–Crippen LogP) is 1.64. The van der Waals surface area contributed by atoms with Crippen LogP contribution in [0.5, 0.6) is 0 Å². The van der Waals surface area contributed by atoms with Crippen LogP contribution in [0.1, 0.15) is 37.0 Å². The fraction of sp³-hybridized carbons (Fsp3) is 0.571. The molecule has 1 aliphatic rings. The molecule has 1 atom stereocenters. The summed E-state index contributed by atoms with van der Waals surface area (Å²) in [6.45, 7) is 5.08. The summed E-state index contributed by atoms with van der Waals surface area (Å²) in [4.78, 5) is 17.9. The van der Waals surface area contributed by atoms with Gasteiger partial charge in [0.2, 0.25) is 0 Å². The fourth-order valence-corrected chi connectivity index (χ4v) is 2.28. The lowest BCUT2D eigenvalue weighted by Gasteiger charge is -2.20. The number of hydrogen-bond donors (Lipinski definition) is 2. The van der Waals surface area contributed by atoms with E-state index in [1.807, 2.05) is 6.92 Å². The number of anilines is 1. The Morgan fingerprint density at radius 1 is 1.65 bits per heavy atom. The van der Waals surface area contributed by atoms with Crippen molar-refractivity contribution in [2.45, 2.75) is 32.3 Å². The van der Waals surface area contributed by atoms with Gasteiger partial charge in [-0.1, -0.05) is 6.92 Å². The summed E-state index contributed by atoms with van der Waals surface area (Å²) in [5, 5.41) is 13.0. The molecule has 5 nitrogen and oxygen atoms in total. The predicted molar refractivity (Wildman–Crippen MR) is 74.1 cm³/mol. The first-order valence-corrected chi connectivity index (χ1v) is 6.84. The Morgan fingerprint density at radius 3 is 3.00 bits per heavy atom. The van der Waals surface area contributed by atoms with Crippen LogP contribution in [0.15, 0.2) is 12.3 Å². The number of aromatic nitrogens is 1. The molecule has 0 aliphatic carbocycles. The molecule has 0 spiro atoms. The van der Waals surface area contributed by atoms with Gasteiger partial charge in [-0.2, -0.15) is 0 Å². The van der Waals surface area contributed by atoms with Gasteiger partial charge in [0.1, 0.15) is 11.6 Å². The molecule has 1 fully saturated rings. The minimum atomic E-state index is -0.868. The van der Waals surface area contributed by atoms with Gasteiger partial charge in [-0.25, -0.2) is 9.37 Å². The van der Waals surface area contributed by atoms with Crippen molar-refractivity contribution >= 4 is 11.7 Å². The Bertz CT molecular complexity index is 505. The highest BCUT2D eigenvalue weighted by Gasteiger charge is 2.35. The van der Waals surface area contributed by atoms with Gasteiger partial charge in [0.15, 0.2) is 0 Å². The van der Waals surface area contributed by atoms with Crippen LogP contribution in [0, 0.1) is 5.82 Å². The second kappa shape index (κ2) is 5.75. The lowest BCUT2D eigenvalue weighted by molar-refractivity contribution is 0.0572. The monoisotopic (exact) mass is 281 g/mol. The summed E-state index contributed by atoms with van der Waals surface area (Å²) in [6.07, 6.45) is 2.50. The van der Waals surface area contributed by atoms with Gasteiger partial charge in [0.25, 0.3) is 5.91 Å². The summed E-state index contributed by atoms with van der Waals surface area (Å²) in [7, 11) is 0. The number of rotatable bonds is 4. The number of likely N-dealkylation sites (tertiary alicyclic amines) is 1. The zero-order chi connectivity index (χ0) is 14.8. The van der Waals surface area contributed by atoms with Gasteiger partial charge in [-0.15, -0.1) is 0 Å². The fourth-order valence-electron chi connectivity index (χ4n) is 2.28. The van der Waals surface area contributed by atoms with E-state index in [0.717, 1.165) is 12.6 Å². The van der Waals surface area contributed by atoms with E-state index in [-0.39, 0.29) is 18.0 Å². The smallest absolute Gasteiger partial charge is 0.257 e. The molecule has 0 radical (unpaired) electrons. The highest BCUT2D eigenvalue weighted by molar-refractivity contribution is 5.99. The summed E-state index contributed by atoms with van der Waals surface area (Å²) in [6, 6.07) is 1.19. The quantitative estimate of drug-likeness (QED) is 0.880. The molecule has 1 aliphatic heterocycles. The molecule has 110 valence electrons. The van der Waals surface area contributed by atoms with Crippen molar-refractivity contribution in [2.75, 3.05) is 25.0 Å². The van der Waals surface area contributed by atoms with Crippen molar-refractivity contribution in [3.63, 3.8) is 0 Å². The molecule has 1 aromatic rings. The van der Waals surface area contributed by atoms with Crippen molar-refractivity contribution in [2.24, 2.45) is 0 Å². The van der Waals surface area contributed by atoms with E-state index in [4.69, 9.17) is 0 Å². The maximum atomic E-state index is 13.4. The van der Waals surface area contributed by atoms with Crippen molar-refractivity contribution in [1.29, 1.82) is 0 Å². The number of aliphatic hydroxyl groups is 1. The van der Waals surface area contributed by atoms with Crippen LogP contribution in [0.25, 0.3) is 0 Å². The Labute approximate surface area is 117 Å². The van der Waals surface area contributed by atoms with Crippen molar-refractivity contribution < 1.29 is 14.3 Å². The number of carbonyl (C=O) groups is 1. The zero-order valence-electron chi connectivity index (χ0n) is 11.8. The van der Waals surface area contributed by atoms with Gasteiger partial charge in [-0.3, -0.25) is 4.79 Å². The molecule has 6 heteroatoms. The summed E-state index contributed by atoms with van der Waals surface area (Å²) < 4.78 is 13.4. The average molecular weight is 281 g/mol. The molecule has 1 saturated heterocycles. The highest BCUT2D eigenvalue weighted by atomic mass is 19.1. The van der Waals surface area contributed by atoms with Crippen LogP contribution >= 0.6 is 0 Å². The minimum Gasteiger partial charge on any atom is -0.388 e. The topological polar surface area (TPSA) is 65.5 Å². The van der Waals surface area contributed by atoms with Gasteiger partial charge in [0, 0.05) is 19.6 Å². The van der Waals surface area contributed by atoms with Gasteiger partial charge >= 0.3 is 0 Å². The Hall–Kier alpha value is -1.69. The van der Waals surface area contributed by atoms with E-state index in [1.54, 1.807) is 6.92 Å². The summed E-state index contributed by atoms with van der Waals surface area (Å²) >= 11 is 0. The van der Waals surface area contributed by atoms with Gasteiger partial charge in [0.05, 0.1) is 17.4 Å². The van der Waals surface area contributed by atoms with E-state index in [0.29, 0.717) is 25.3 Å². The van der Waals surface area contributed by atoms with Crippen molar-refractivity contribution in [3.8, 4) is 0 Å². The largest absolute Gasteiger partial charge is 0.388 e. The first-order valence-electron chi connectivity index (χ1n) is 6.84. The third-order valence-electron chi connectivity index (χ3n) is 3.37. The molecular weight excluding hydrogens is 261 g/mol. The van der Waals surface area contributed by atoms with Crippen LogP contribution in [0.2, 0.25) is 0 Å². The average Bonchev–Trinajstić information content (AvgIpc) is 2.77. The molecule has 0 saturated carbocycles. The number of halogens is 1. The molecule has 1 amide bonds. The standard InChI is InChI=1S/C14H20FN3O2/c1-3-5-16-12-11(7-10(15)8-17-12)13(19)18-6-4-14(2,20)9-18/h7-8,20H,3-6,9H2,1-2H3,(H,16,17). The molecule has 2 heterocycles. The third-order valence-corrected chi connectivity index (χ3v) is 3.37. The molecule has 20 heavy (non-hydrogen) atoms. The molecule has 0 aromatic carbocycles. The van der Waals surface area contributed by atoms with Crippen LogP contribution in [-0.4, -0.2) is 46.1 Å². The van der Waals surface area contributed by atoms with E-state index < -0.39 is 11.4 Å². The van der Waals surface area contributed by atoms with E-state index in [2.05, 4.69) is 10.3 Å². The maximum Gasteiger partial charge on any atom is 0.257 e. The van der Waals surface area contributed by atoms with Crippen LogP contribution in [0.4, 0.5) is 10.2 Å². The van der Waals surface area contributed by atoms with E-state index in [1.165, 1.54) is 11.0 Å². The third kappa shape index (κ3) is 3.25. The maximum absolute atomic E-state index is 13.4. The number of amides is 1. The summed E-state index contributed by atoms with van der Waals surface area (Å²) in [5.41, 5.74) is -0.649. The van der Waals surface area contributed by atoms with Crippen LogP contribution < -0.4 is 5.32 Å². The van der Waals surface area contributed by atoms with Gasteiger partial charge < -0.3 is 15.3 Å². The van der Waals surface area contributed by atoms with E-state index >= 15 is 0 Å². The second-order valence-corrected chi connectivity index (χ2v) is 5.45. The summed E-state index contributed by atoms with van der Waals surface area (Å²) in [5.74, 6) is -0.445. The van der Waals surface area contributed by atoms with Gasteiger partial charge in [-0.05, 0) is 25.8 Å². The number of carbonyl (C=O) groups excluding carboxylic acids is 1. The molecule has 2 N–H and O–H groups in total. The lowest BCUT2D eigenvalue weighted by Crippen LogP contribution is -2.34. The number of β-amino-alcohol motifs (C(OH)–C–C–N with tert-alkyl or cyclic N) is 1. The number of nitrogens with one attached hydrogen (secondary N) is 1. The highest BCUT2D eigenvalue weighted by Crippen LogP contribution is 2.24.